The molecular formula is C17H16FN5O. The minimum atomic E-state index is -0.514. The van der Waals surface area contributed by atoms with Crippen molar-refractivity contribution in [1.29, 1.82) is 5.41 Å². The summed E-state index contributed by atoms with van der Waals surface area (Å²) in [7, 11) is 3.29. The molecule has 2 heterocycles. The zero-order valence-corrected chi connectivity index (χ0v) is 13.2. The van der Waals surface area contributed by atoms with E-state index in [1.54, 1.807) is 30.2 Å². The summed E-state index contributed by atoms with van der Waals surface area (Å²) >= 11 is 0. The van der Waals surface area contributed by atoms with Gasteiger partial charge < -0.3 is 10.5 Å². The number of nitrogens with two attached hydrogens (primary N) is 1. The quantitative estimate of drug-likeness (QED) is 0.722. The van der Waals surface area contributed by atoms with E-state index in [-0.39, 0.29) is 11.3 Å². The van der Waals surface area contributed by atoms with Crippen LogP contribution in [0.1, 0.15) is 11.1 Å². The molecule has 0 aliphatic carbocycles. The third-order valence-corrected chi connectivity index (χ3v) is 3.65. The van der Waals surface area contributed by atoms with Crippen LogP contribution in [0.5, 0.6) is 5.75 Å². The summed E-state index contributed by atoms with van der Waals surface area (Å²) < 4.78 is 20.9. The highest BCUT2D eigenvalue weighted by Crippen LogP contribution is 2.25. The van der Waals surface area contributed by atoms with Crippen LogP contribution in [0.15, 0.2) is 42.9 Å². The Bertz CT molecular complexity index is 919. The van der Waals surface area contributed by atoms with Crippen molar-refractivity contribution in [1.82, 2.24) is 14.8 Å². The maximum absolute atomic E-state index is 14.1. The van der Waals surface area contributed by atoms with Crippen LogP contribution in [0, 0.1) is 11.2 Å². The number of anilines is 1. The Morgan fingerprint density at radius 2 is 2.04 bits per heavy atom. The molecule has 0 radical (unpaired) electrons. The topological polar surface area (TPSA) is 89.8 Å². The van der Waals surface area contributed by atoms with Crippen molar-refractivity contribution in [2.24, 2.45) is 7.05 Å². The molecule has 122 valence electrons. The van der Waals surface area contributed by atoms with Crippen molar-refractivity contribution in [3.8, 4) is 17.0 Å². The van der Waals surface area contributed by atoms with Crippen molar-refractivity contribution in [2.45, 2.75) is 0 Å². The summed E-state index contributed by atoms with van der Waals surface area (Å²) in [6, 6.07) is 5.90. The first-order valence-corrected chi connectivity index (χ1v) is 7.17. The molecule has 3 N–H and O–H groups in total. The molecule has 0 spiro atoms. The van der Waals surface area contributed by atoms with Crippen molar-refractivity contribution in [3.63, 3.8) is 0 Å². The third-order valence-electron chi connectivity index (χ3n) is 3.65. The third kappa shape index (κ3) is 2.83. The second-order valence-electron chi connectivity index (χ2n) is 5.28. The van der Waals surface area contributed by atoms with Crippen molar-refractivity contribution < 1.29 is 9.13 Å². The minimum absolute atomic E-state index is 0.0311. The van der Waals surface area contributed by atoms with E-state index in [4.69, 9.17) is 15.9 Å². The van der Waals surface area contributed by atoms with Crippen LogP contribution in [0.4, 0.5) is 10.1 Å². The molecule has 0 saturated heterocycles. The average Bonchev–Trinajstić information content (AvgIpc) is 3.01. The summed E-state index contributed by atoms with van der Waals surface area (Å²) in [5.41, 5.74) is 8.14. The predicted molar refractivity (Wildman–Crippen MR) is 89.7 cm³/mol. The van der Waals surface area contributed by atoms with E-state index in [0.717, 1.165) is 5.56 Å². The first-order valence-electron chi connectivity index (χ1n) is 7.17. The van der Waals surface area contributed by atoms with Crippen LogP contribution in [0.25, 0.3) is 11.3 Å². The van der Waals surface area contributed by atoms with Crippen molar-refractivity contribution >= 4 is 11.4 Å². The maximum Gasteiger partial charge on any atom is 0.132 e. The molecule has 0 amide bonds. The van der Waals surface area contributed by atoms with Gasteiger partial charge in [0.25, 0.3) is 0 Å². The number of aromatic nitrogens is 3. The second-order valence-corrected chi connectivity index (χ2v) is 5.28. The molecule has 2 aromatic heterocycles. The van der Waals surface area contributed by atoms with Gasteiger partial charge in [-0.2, -0.15) is 5.10 Å². The number of nitrogen functional groups attached to an aromatic ring is 1. The monoisotopic (exact) mass is 325 g/mol. The van der Waals surface area contributed by atoms with Gasteiger partial charge in [-0.25, -0.2) is 4.39 Å². The Morgan fingerprint density at radius 3 is 2.71 bits per heavy atom. The zero-order valence-electron chi connectivity index (χ0n) is 13.2. The molecule has 3 rings (SSSR count). The number of aryl methyl sites for hydroxylation is 1. The summed E-state index contributed by atoms with van der Waals surface area (Å²) in [5.74, 6) is -0.0452. The van der Waals surface area contributed by atoms with E-state index in [2.05, 4.69) is 10.1 Å². The largest absolute Gasteiger partial charge is 0.497 e. The predicted octanol–water partition coefficient (Wildman–Crippen LogP) is 2.63. The molecule has 0 unspecified atom stereocenters. The molecular weight excluding hydrogens is 309 g/mol. The number of rotatable bonds is 4. The van der Waals surface area contributed by atoms with Crippen LogP contribution in [0.2, 0.25) is 0 Å². The van der Waals surface area contributed by atoms with E-state index < -0.39 is 5.82 Å². The number of halogens is 1. The molecule has 0 fully saturated rings. The van der Waals surface area contributed by atoms with Gasteiger partial charge in [0.2, 0.25) is 0 Å². The summed E-state index contributed by atoms with van der Waals surface area (Å²) in [6.45, 7) is 0. The van der Waals surface area contributed by atoms with Crippen LogP contribution in [-0.2, 0) is 7.05 Å². The standard InChI is InChI=1S/C17H16FN5O/c1-23-9-10(7-22-23)16-6-13(15(19)8-21-16)17(20)12-5-11(24-2)3-4-14(12)18/h3-9,20H,19H2,1-2H3. The highest BCUT2D eigenvalue weighted by molar-refractivity contribution is 6.14. The van der Waals surface area contributed by atoms with Gasteiger partial charge in [-0.3, -0.25) is 15.1 Å². The van der Waals surface area contributed by atoms with E-state index in [0.29, 0.717) is 22.7 Å². The fraction of sp³-hybridized carbons (Fsp3) is 0.118. The Labute approximate surface area is 138 Å². The SMILES string of the molecule is COc1ccc(F)c(C(=N)c2cc(-c3cnn(C)c3)ncc2N)c1. The Hall–Kier alpha value is -3.22. The molecule has 1 aromatic carbocycles. The van der Waals surface area contributed by atoms with Crippen LogP contribution < -0.4 is 10.5 Å². The van der Waals surface area contributed by atoms with Crippen LogP contribution in [0.3, 0.4) is 0 Å². The zero-order chi connectivity index (χ0) is 17.3. The molecule has 7 heteroatoms. The summed E-state index contributed by atoms with van der Waals surface area (Å²) in [6.07, 6.45) is 4.93. The summed E-state index contributed by atoms with van der Waals surface area (Å²) in [5, 5.41) is 12.5. The van der Waals surface area contributed by atoms with Crippen molar-refractivity contribution in [3.05, 3.63) is 59.8 Å². The number of hydrogen-bond donors (Lipinski definition) is 2. The lowest BCUT2D eigenvalue weighted by atomic mass is 9.99. The average molecular weight is 325 g/mol. The van der Waals surface area contributed by atoms with E-state index in [1.165, 1.54) is 31.5 Å². The summed E-state index contributed by atoms with van der Waals surface area (Å²) in [4.78, 5) is 4.26. The van der Waals surface area contributed by atoms with Gasteiger partial charge in [0, 0.05) is 29.9 Å². The van der Waals surface area contributed by atoms with Gasteiger partial charge in [-0.05, 0) is 24.3 Å². The van der Waals surface area contributed by atoms with Gasteiger partial charge >= 0.3 is 0 Å². The fourth-order valence-electron chi connectivity index (χ4n) is 2.36. The number of hydrogen-bond acceptors (Lipinski definition) is 5. The molecule has 0 aliphatic rings. The molecule has 24 heavy (non-hydrogen) atoms. The number of ether oxygens (including phenoxy) is 1. The van der Waals surface area contributed by atoms with Gasteiger partial charge in [0.1, 0.15) is 11.6 Å². The Kier molecular flexibility index (Phi) is 3.99. The second kappa shape index (κ2) is 6.11. The normalized spacial score (nSPS) is 10.6. The van der Waals surface area contributed by atoms with Gasteiger partial charge in [0.15, 0.2) is 0 Å². The van der Waals surface area contributed by atoms with Crippen molar-refractivity contribution in [2.75, 3.05) is 12.8 Å². The number of benzene rings is 1. The first-order chi connectivity index (χ1) is 11.5. The van der Waals surface area contributed by atoms with Gasteiger partial charge in [0.05, 0.1) is 36.6 Å². The first kappa shape index (κ1) is 15.7. The van der Waals surface area contributed by atoms with E-state index in [1.807, 2.05) is 0 Å². The van der Waals surface area contributed by atoms with Gasteiger partial charge in [-0.1, -0.05) is 0 Å². The lowest BCUT2D eigenvalue weighted by Gasteiger charge is -2.11. The smallest absolute Gasteiger partial charge is 0.132 e. The fourth-order valence-corrected chi connectivity index (χ4v) is 2.36. The lowest BCUT2D eigenvalue weighted by molar-refractivity contribution is 0.413. The Balaban J connectivity index is 2.07. The highest BCUT2D eigenvalue weighted by Gasteiger charge is 2.16. The molecule has 0 saturated carbocycles. The molecule has 0 aliphatic heterocycles. The minimum Gasteiger partial charge on any atom is -0.497 e. The highest BCUT2D eigenvalue weighted by atomic mass is 19.1. The molecule has 6 nitrogen and oxygen atoms in total. The number of nitrogens with zero attached hydrogens (tertiary/aromatic N) is 3. The van der Waals surface area contributed by atoms with Crippen LogP contribution in [-0.4, -0.2) is 27.6 Å². The molecule has 0 bridgehead atoms. The number of nitrogens with one attached hydrogen (secondary N) is 1. The van der Waals surface area contributed by atoms with Crippen LogP contribution >= 0.6 is 0 Å². The van der Waals surface area contributed by atoms with Gasteiger partial charge in [-0.15, -0.1) is 0 Å². The number of methoxy groups -OCH3 is 1. The van der Waals surface area contributed by atoms with E-state index >= 15 is 0 Å². The Morgan fingerprint density at radius 1 is 1.25 bits per heavy atom. The molecule has 0 atom stereocenters. The van der Waals surface area contributed by atoms with E-state index in [9.17, 15) is 4.39 Å². The number of pyridine rings is 1. The lowest BCUT2D eigenvalue weighted by Crippen LogP contribution is -2.09. The molecule has 3 aromatic rings. The maximum atomic E-state index is 14.1.